The van der Waals surface area contributed by atoms with Gasteiger partial charge in [-0.05, 0) is 29.7 Å². The van der Waals surface area contributed by atoms with Crippen molar-refractivity contribution in [2.24, 2.45) is 21.9 Å². The Labute approximate surface area is 83.3 Å². The summed E-state index contributed by atoms with van der Waals surface area (Å²) in [6.45, 7) is 4.61. The van der Waals surface area contributed by atoms with E-state index in [0.29, 0.717) is 24.7 Å². The summed E-state index contributed by atoms with van der Waals surface area (Å²) in [4.78, 5) is 14.6. The molecule has 0 spiro atoms. The SMILES string of the molecule is CC12CCC(CC1=O)C2(C)CN=[N+]=[N-]. The van der Waals surface area contributed by atoms with Gasteiger partial charge in [0.15, 0.2) is 0 Å². The number of Topliss-reactive ketones (excluding diaryl/α,β-unsaturated/α-hetero) is 1. The van der Waals surface area contributed by atoms with Crippen LogP contribution in [0.2, 0.25) is 0 Å². The van der Waals surface area contributed by atoms with Crippen molar-refractivity contribution in [3.05, 3.63) is 10.4 Å². The number of azide groups is 1. The van der Waals surface area contributed by atoms with Crippen LogP contribution in [0, 0.1) is 16.7 Å². The third kappa shape index (κ3) is 0.894. The van der Waals surface area contributed by atoms with Crippen LogP contribution in [0.5, 0.6) is 0 Å². The van der Waals surface area contributed by atoms with Gasteiger partial charge in [-0.15, -0.1) is 0 Å². The van der Waals surface area contributed by atoms with Crippen molar-refractivity contribution in [1.82, 2.24) is 0 Å². The Morgan fingerprint density at radius 2 is 2.36 bits per heavy atom. The third-order valence-corrected chi connectivity index (χ3v) is 4.66. The summed E-state index contributed by atoms with van der Waals surface area (Å²) in [5, 5.41) is 3.67. The number of hydrogen-bond acceptors (Lipinski definition) is 2. The molecule has 0 aromatic rings. The summed E-state index contributed by atoms with van der Waals surface area (Å²) in [6.07, 6.45) is 2.77. The van der Waals surface area contributed by atoms with Crippen LogP contribution in [-0.4, -0.2) is 12.3 Å². The number of hydrogen-bond donors (Lipinski definition) is 0. The smallest absolute Gasteiger partial charge is 0.139 e. The summed E-state index contributed by atoms with van der Waals surface area (Å²) in [5.41, 5.74) is 8.04. The van der Waals surface area contributed by atoms with Crippen molar-refractivity contribution >= 4 is 5.78 Å². The van der Waals surface area contributed by atoms with E-state index in [1.165, 1.54) is 0 Å². The second-order valence-electron chi connectivity index (χ2n) is 5.00. The van der Waals surface area contributed by atoms with Crippen LogP contribution in [0.15, 0.2) is 5.11 Å². The first-order valence-corrected chi connectivity index (χ1v) is 5.09. The molecule has 3 unspecified atom stereocenters. The van der Waals surface area contributed by atoms with Crippen molar-refractivity contribution in [3.8, 4) is 0 Å². The van der Waals surface area contributed by atoms with Crippen molar-refractivity contribution < 1.29 is 4.79 Å². The quantitative estimate of drug-likeness (QED) is 0.377. The van der Waals surface area contributed by atoms with Crippen molar-refractivity contribution in [3.63, 3.8) is 0 Å². The highest BCUT2D eigenvalue weighted by Crippen LogP contribution is 2.63. The number of fused-ring (bicyclic) bond motifs is 2. The standard InChI is InChI=1S/C10H15N3O/c1-9-4-3-7(5-8(9)14)10(9,2)6-12-13-11/h7H,3-6H2,1-2H3. The van der Waals surface area contributed by atoms with E-state index < -0.39 is 0 Å². The molecular weight excluding hydrogens is 178 g/mol. The van der Waals surface area contributed by atoms with Crippen molar-refractivity contribution in [1.29, 1.82) is 0 Å². The minimum absolute atomic E-state index is 0.0870. The van der Waals surface area contributed by atoms with Gasteiger partial charge in [-0.25, -0.2) is 0 Å². The summed E-state index contributed by atoms with van der Waals surface area (Å²) in [6, 6.07) is 0. The van der Waals surface area contributed by atoms with Gasteiger partial charge >= 0.3 is 0 Å². The van der Waals surface area contributed by atoms with Gasteiger partial charge in [-0.3, -0.25) is 4.79 Å². The van der Waals surface area contributed by atoms with Crippen molar-refractivity contribution in [2.75, 3.05) is 6.54 Å². The van der Waals surface area contributed by atoms with Gasteiger partial charge in [-0.2, -0.15) is 0 Å². The third-order valence-electron chi connectivity index (χ3n) is 4.66. The number of carbonyl (C=O) groups is 1. The molecule has 0 aromatic carbocycles. The molecule has 4 nitrogen and oxygen atoms in total. The molecule has 0 amide bonds. The van der Waals surface area contributed by atoms with Gasteiger partial charge in [0.2, 0.25) is 0 Å². The van der Waals surface area contributed by atoms with E-state index in [2.05, 4.69) is 16.9 Å². The lowest BCUT2D eigenvalue weighted by atomic mass is 9.69. The molecule has 2 aliphatic carbocycles. The average Bonchev–Trinajstić information content (AvgIpc) is 2.50. The lowest BCUT2D eigenvalue weighted by molar-refractivity contribution is -0.128. The van der Waals surface area contributed by atoms with Crippen LogP contribution >= 0.6 is 0 Å². The Morgan fingerprint density at radius 1 is 1.64 bits per heavy atom. The molecule has 14 heavy (non-hydrogen) atoms. The van der Waals surface area contributed by atoms with Crippen molar-refractivity contribution in [2.45, 2.75) is 33.1 Å². The fourth-order valence-corrected chi connectivity index (χ4v) is 3.23. The molecule has 0 heterocycles. The van der Waals surface area contributed by atoms with Gasteiger partial charge in [0, 0.05) is 23.3 Å². The van der Waals surface area contributed by atoms with E-state index in [0.717, 1.165) is 12.8 Å². The zero-order valence-electron chi connectivity index (χ0n) is 8.66. The lowest BCUT2D eigenvalue weighted by Gasteiger charge is -2.35. The Kier molecular flexibility index (Phi) is 1.86. The largest absolute Gasteiger partial charge is 0.299 e. The van der Waals surface area contributed by atoms with Gasteiger partial charge in [0.25, 0.3) is 0 Å². The van der Waals surface area contributed by atoms with Crippen LogP contribution in [0.1, 0.15) is 33.1 Å². The van der Waals surface area contributed by atoms with E-state index in [9.17, 15) is 4.79 Å². The maximum absolute atomic E-state index is 11.8. The second kappa shape index (κ2) is 2.74. The summed E-state index contributed by atoms with van der Waals surface area (Å²) in [5.74, 6) is 0.801. The Morgan fingerprint density at radius 3 is 2.79 bits per heavy atom. The molecular formula is C10H15N3O. The van der Waals surface area contributed by atoms with Crippen LogP contribution in [0.25, 0.3) is 10.4 Å². The van der Waals surface area contributed by atoms with Gasteiger partial charge in [0.05, 0.1) is 0 Å². The zero-order valence-corrected chi connectivity index (χ0v) is 8.66. The molecule has 0 saturated heterocycles. The number of carbonyl (C=O) groups excluding carboxylic acids is 1. The predicted octanol–water partition coefficient (Wildman–Crippen LogP) is 2.69. The molecule has 4 heteroatoms. The molecule has 0 aromatic heterocycles. The number of rotatable bonds is 2. The molecule has 0 N–H and O–H groups in total. The van der Waals surface area contributed by atoms with E-state index in [-0.39, 0.29) is 10.8 Å². The van der Waals surface area contributed by atoms with Crippen LogP contribution in [-0.2, 0) is 4.79 Å². The fourth-order valence-electron chi connectivity index (χ4n) is 3.23. The first kappa shape index (κ1) is 9.53. The fraction of sp³-hybridized carbons (Fsp3) is 0.900. The average molecular weight is 193 g/mol. The Balaban J connectivity index is 2.36. The maximum Gasteiger partial charge on any atom is 0.139 e. The first-order valence-electron chi connectivity index (χ1n) is 5.09. The number of ketones is 1. The molecule has 2 rings (SSSR count). The normalized spacial score (nSPS) is 45.3. The predicted molar refractivity (Wildman–Crippen MR) is 52.6 cm³/mol. The van der Waals surface area contributed by atoms with Gasteiger partial charge in [-0.1, -0.05) is 19.0 Å². The number of nitrogens with zero attached hydrogens (tertiary/aromatic N) is 3. The van der Waals surface area contributed by atoms with E-state index in [1.807, 2.05) is 6.92 Å². The Bertz CT molecular complexity index is 334. The molecule has 2 bridgehead atoms. The molecule has 3 atom stereocenters. The molecule has 2 saturated carbocycles. The zero-order chi connectivity index (χ0) is 10.4. The maximum atomic E-state index is 11.8. The topological polar surface area (TPSA) is 65.8 Å². The highest BCUT2D eigenvalue weighted by Gasteiger charge is 2.63. The van der Waals surface area contributed by atoms with Crippen LogP contribution < -0.4 is 0 Å². The lowest BCUT2D eigenvalue weighted by Crippen LogP contribution is -2.37. The summed E-state index contributed by atoms with van der Waals surface area (Å²) >= 11 is 0. The summed E-state index contributed by atoms with van der Waals surface area (Å²) in [7, 11) is 0. The monoisotopic (exact) mass is 193 g/mol. The highest BCUT2D eigenvalue weighted by molar-refractivity contribution is 5.89. The first-order chi connectivity index (χ1) is 6.54. The van der Waals surface area contributed by atoms with E-state index in [1.54, 1.807) is 0 Å². The Hall–Kier alpha value is -1.02. The molecule has 0 aliphatic heterocycles. The molecule has 2 aliphatic rings. The van der Waals surface area contributed by atoms with Crippen LogP contribution in [0.3, 0.4) is 0 Å². The molecule has 0 radical (unpaired) electrons. The van der Waals surface area contributed by atoms with Gasteiger partial charge < -0.3 is 0 Å². The minimum Gasteiger partial charge on any atom is -0.299 e. The summed E-state index contributed by atoms with van der Waals surface area (Å²) < 4.78 is 0. The van der Waals surface area contributed by atoms with E-state index in [4.69, 9.17) is 5.53 Å². The highest BCUT2D eigenvalue weighted by atomic mass is 16.1. The van der Waals surface area contributed by atoms with Gasteiger partial charge in [0.1, 0.15) is 5.78 Å². The minimum atomic E-state index is -0.230. The molecule has 2 fully saturated rings. The molecule has 76 valence electrons. The second-order valence-corrected chi connectivity index (χ2v) is 5.00. The van der Waals surface area contributed by atoms with Crippen LogP contribution in [0.4, 0.5) is 0 Å². The van der Waals surface area contributed by atoms with E-state index >= 15 is 0 Å².